The predicted octanol–water partition coefficient (Wildman–Crippen LogP) is 5.54. The Morgan fingerprint density at radius 2 is 1.76 bits per heavy atom. The van der Waals surface area contributed by atoms with Crippen LogP contribution in [0.25, 0.3) is 0 Å². The summed E-state index contributed by atoms with van der Waals surface area (Å²) >= 11 is 0. The van der Waals surface area contributed by atoms with E-state index in [0.29, 0.717) is 35.7 Å². The molecule has 3 aromatic rings. The summed E-state index contributed by atoms with van der Waals surface area (Å²) in [6.07, 6.45) is 3.38. The number of amides is 2. The highest BCUT2D eigenvalue weighted by Gasteiger charge is 2.24. The average molecular weight is 504 g/mol. The van der Waals surface area contributed by atoms with Gasteiger partial charge in [0.1, 0.15) is 18.5 Å². The van der Waals surface area contributed by atoms with Crippen LogP contribution in [-0.2, 0) is 9.53 Å². The Morgan fingerprint density at radius 1 is 1.00 bits per heavy atom. The summed E-state index contributed by atoms with van der Waals surface area (Å²) in [6, 6.07) is 23.4. The Morgan fingerprint density at radius 3 is 2.51 bits per heavy atom. The molecule has 2 atom stereocenters. The lowest BCUT2D eigenvalue weighted by Crippen LogP contribution is -2.22. The van der Waals surface area contributed by atoms with E-state index in [2.05, 4.69) is 10.6 Å². The summed E-state index contributed by atoms with van der Waals surface area (Å²) in [4.78, 5) is 24.9. The third-order valence-electron chi connectivity index (χ3n) is 5.59. The van der Waals surface area contributed by atoms with Gasteiger partial charge >= 0.3 is 6.09 Å². The summed E-state index contributed by atoms with van der Waals surface area (Å²) in [5.74, 6) is 0.231. The zero-order valence-electron chi connectivity index (χ0n) is 20.8. The molecule has 3 aromatic carbocycles. The summed E-state index contributed by atoms with van der Waals surface area (Å²) in [7, 11) is 0. The minimum absolute atomic E-state index is 0.0768. The smallest absolute Gasteiger partial charge is 0.412 e. The number of ether oxygens (including phenoxy) is 2. The minimum Gasteiger partial charge on any atom is -0.491 e. The molecule has 0 heterocycles. The van der Waals surface area contributed by atoms with Crippen molar-refractivity contribution in [2.75, 3.05) is 29.6 Å². The number of allylic oxidation sites excluding steroid dienone is 1. The van der Waals surface area contributed by atoms with E-state index in [0.717, 1.165) is 5.56 Å². The average Bonchev–Trinajstić information content (AvgIpc) is 2.90. The maximum atomic E-state index is 12.7. The molecule has 0 fully saturated rings. The normalized spacial score (nSPS) is 12.5. The van der Waals surface area contributed by atoms with Crippen LogP contribution in [0.5, 0.6) is 5.75 Å². The number of hydrogen-bond acceptors (Lipinski definition) is 6. The molecule has 8 heteroatoms. The van der Waals surface area contributed by atoms with E-state index in [1.165, 1.54) is 6.08 Å². The van der Waals surface area contributed by atoms with Gasteiger partial charge in [-0.2, -0.15) is 0 Å². The molecule has 0 aromatic heterocycles. The third kappa shape index (κ3) is 9.01. The van der Waals surface area contributed by atoms with E-state index < -0.39 is 12.2 Å². The fourth-order valence-electron chi connectivity index (χ4n) is 3.73. The lowest BCUT2D eigenvalue weighted by molar-refractivity contribution is -0.111. The van der Waals surface area contributed by atoms with Gasteiger partial charge in [0, 0.05) is 5.69 Å². The van der Waals surface area contributed by atoms with Crippen LogP contribution in [0.4, 0.5) is 21.9 Å². The maximum Gasteiger partial charge on any atom is 0.412 e. The summed E-state index contributed by atoms with van der Waals surface area (Å²) in [5.41, 5.74) is 8.33. The molecule has 0 aliphatic heterocycles. The quantitative estimate of drug-likeness (QED) is 0.190. The standard InChI is InChI=1S/C29H33N3O5/c1-21(10-5-8-17-27(34)32-26-16-7-6-15-25(26)30)28(22-11-9-14-24(20-22)36-19-18-33)37-29(35)31-23-12-3-2-4-13-23/h2-4,6-9,11-17,20-21,28,33H,5,10,18-19,30H2,1H3,(H,31,35)(H,32,34)/b17-8+/t21-,28-/m1/s1. The first-order valence-electron chi connectivity index (χ1n) is 12.1. The molecule has 194 valence electrons. The number of benzene rings is 3. The highest BCUT2D eigenvalue weighted by atomic mass is 16.6. The number of nitrogens with two attached hydrogens (primary N) is 1. The molecular formula is C29H33N3O5. The van der Waals surface area contributed by atoms with E-state index in [-0.39, 0.29) is 25.0 Å². The number of hydrogen-bond donors (Lipinski definition) is 4. The van der Waals surface area contributed by atoms with Crippen molar-refractivity contribution >= 4 is 29.1 Å². The molecule has 2 amide bonds. The Labute approximate surface area is 217 Å². The van der Waals surface area contributed by atoms with Crippen molar-refractivity contribution in [2.24, 2.45) is 5.92 Å². The number of carbonyl (C=O) groups excluding carboxylic acids is 2. The van der Waals surface area contributed by atoms with Crippen LogP contribution in [0.3, 0.4) is 0 Å². The Kier molecular flexibility index (Phi) is 10.6. The number of rotatable bonds is 12. The van der Waals surface area contributed by atoms with E-state index in [9.17, 15) is 9.59 Å². The Balaban J connectivity index is 1.65. The van der Waals surface area contributed by atoms with Crippen molar-refractivity contribution in [3.63, 3.8) is 0 Å². The van der Waals surface area contributed by atoms with Crippen LogP contribution >= 0.6 is 0 Å². The number of anilines is 3. The first kappa shape index (κ1) is 27.3. The van der Waals surface area contributed by atoms with Gasteiger partial charge in [0.25, 0.3) is 0 Å². The van der Waals surface area contributed by atoms with E-state index >= 15 is 0 Å². The van der Waals surface area contributed by atoms with Gasteiger partial charge in [-0.25, -0.2) is 4.79 Å². The largest absolute Gasteiger partial charge is 0.491 e. The Bertz CT molecular complexity index is 1180. The summed E-state index contributed by atoms with van der Waals surface area (Å²) in [5, 5.41) is 14.6. The molecule has 3 rings (SSSR count). The molecule has 0 unspecified atom stereocenters. The van der Waals surface area contributed by atoms with E-state index in [1.54, 1.807) is 54.6 Å². The second-order valence-electron chi connectivity index (χ2n) is 8.49. The first-order valence-corrected chi connectivity index (χ1v) is 12.1. The van der Waals surface area contributed by atoms with Crippen molar-refractivity contribution in [3.05, 3.63) is 96.6 Å². The van der Waals surface area contributed by atoms with Crippen LogP contribution in [-0.4, -0.2) is 30.3 Å². The van der Waals surface area contributed by atoms with E-state index in [4.69, 9.17) is 20.3 Å². The van der Waals surface area contributed by atoms with Crippen LogP contribution in [0.15, 0.2) is 91.0 Å². The number of aliphatic hydroxyl groups excluding tert-OH is 1. The van der Waals surface area contributed by atoms with Gasteiger partial charge in [-0.15, -0.1) is 0 Å². The SMILES string of the molecule is C[C@H](CC/C=C/C(=O)Nc1ccccc1N)[C@@H](OC(=O)Nc1ccccc1)c1cccc(OCCO)c1. The highest BCUT2D eigenvalue weighted by Crippen LogP contribution is 2.32. The lowest BCUT2D eigenvalue weighted by Gasteiger charge is -2.25. The molecule has 0 bridgehead atoms. The molecule has 0 saturated heterocycles. The van der Waals surface area contributed by atoms with Crippen LogP contribution in [0.2, 0.25) is 0 Å². The van der Waals surface area contributed by atoms with E-state index in [1.807, 2.05) is 37.3 Å². The fraction of sp³-hybridized carbons (Fsp3) is 0.241. The van der Waals surface area contributed by atoms with Crippen molar-refractivity contribution in [2.45, 2.75) is 25.9 Å². The Hall–Kier alpha value is -4.30. The molecule has 0 spiro atoms. The topological polar surface area (TPSA) is 123 Å². The molecule has 8 nitrogen and oxygen atoms in total. The minimum atomic E-state index is -0.569. The molecule has 0 radical (unpaired) electrons. The lowest BCUT2D eigenvalue weighted by atomic mass is 9.93. The number of nitrogens with one attached hydrogen (secondary N) is 2. The van der Waals surface area contributed by atoms with Gasteiger partial charge in [0.2, 0.25) is 5.91 Å². The van der Waals surface area contributed by atoms with Gasteiger partial charge < -0.3 is 25.6 Å². The first-order chi connectivity index (χ1) is 18.0. The van der Waals surface area contributed by atoms with Crippen molar-refractivity contribution in [3.8, 4) is 5.75 Å². The number of aliphatic hydroxyl groups is 1. The van der Waals surface area contributed by atoms with Crippen molar-refractivity contribution in [1.29, 1.82) is 0 Å². The molecule has 0 aliphatic rings. The molecule has 37 heavy (non-hydrogen) atoms. The molecule has 0 aliphatic carbocycles. The third-order valence-corrected chi connectivity index (χ3v) is 5.59. The van der Waals surface area contributed by atoms with Crippen molar-refractivity contribution < 1.29 is 24.2 Å². The zero-order chi connectivity index (χ0) is 26.5. The van der Waals surface area contributed by atoms with Gasteiger partial charge in [0.05, 0.1) is 18.0 Å². The zero-order valence-corrected chi connectivity index (χ0v) is 20.8. The van der Waals surface area contributed by atoms with Crippen molar-refractivity contribution in [1.82, 2.24) is 0 Å². The molecular weight excluding hydrogens is 470 g/mol. The van der Waals surface area contributed by atoms with Gasteiger partial charge in [-0.3, -0.25) is 10.1 Å². The monoisotopic (exact) mass is 503 g/mol. The number of carbonyl (C=O) groups is 2. The van der Waals surface area contributed by atoms with Gasteiger partial charge in [-0.05, 0) is 66.8 Å². The number of nitrogen functional groups attached to an aromatic ring is 1. The maximum absolute atomic E-state index is 12.7. The van der Waals surface area contributed by atoms with Crippen LogP contribution in [0.1, 0.15) is 31.4 Å². The second-order valence-corrected chi connectivity index (χ2v) is 8.49. The predicted molar refractivity (Wildman–Crippen MR) is 145 cm³/mol. The highest BCUT2D eigenvalue weighted by molar-refractivity contribution is 6.01. The summed E-state index contributed by atoms with van der Waals surface area (Å²) < 4.78 is 11.4. The molecule has 0 saturated carbocycles. The second kappa shape index (κ2) is 14.3. The van der Waals surface area contributed by atoms with Gasteiger partial charge in [-0.1, -0.05) is 55.5 Å². The van der Waals surface area contributed by atoms with Crippen LogP contribution in [0, 0.1) is 5.92 Å². The fourth-order valence-corrected chi connectivity index (χ4v) is 3.73. The van der Waals surface area contributed by atoms with Crippen LogP contribution < -0.4 is 21.1 Å². The van der Waals surface area contributed by atoms with Gasteiger partial charge in [0.15, 0.2) is 0 Å². The molecule has 5 N–H and O–H groups in total. The summed E-state index contributed by atoms with van der Waals surface area (Å²) in [6.45, 7) is 2.05. The number of para-hydroxylation sites is 3.